The number of imidazole rings is 1. The number of benzene rings is 6. The molecule has 1 saturated carbocycles. The van der Waals surface area contributed by atoms with Gasteiger partial charge in [0.25, 0.3) is 0 Å². The molecule has 11 rings (SSSR count). The Morgan fingerprint density at radius 3 is 2.00 bits per heavy atom. The van der Waals surface area contributed by atoms with Crippen LogP contribution in [0, 0.1) is 0 Å². The van der Waals surface area contributed by atoms with Gasteiger partial charge in [0.2, 0.25) is 0 Å². The van der Waals surface area contributed by atoms with Gasteiger partial charge in [0.15, 0.2) is 0 Å². The van der Waals surface area contributed by atoms with Crippen LogP contribution in [0.1, 0.15) is 101 Å². The predicted molar refractivity (Wildman–Crippen MR) is 226 cm³/mol. The Morgan fingerprint density at radius 2 is 1.26 bits per heavy atom. The van der Waals surface area contributed by atoms with E-state index in [9.17, 15) is 0 Å². The summed E-state index contributed by atoms with van der Waals surface area (Å²) < 4.78 is 9.31. The second-order valence-corrected chi connectivity index (χ2v) is 17.3. The minimum absolute atomic E-state index is 0.221. The van der Waals surface area contributed by atoms with Crippen LogP contribution in [0.2, 0.25) is 0 Å². The first-order valence-corrected chi connectivity index (χ1v) is 19.9. The van der Waals surface area contributed by atoms with Crippen LogP contribution in [0.4, 0.5) is 0 Å². The average Bonchev–Trinajstić information content (AvgIpc) is 3.76. The molecule has 3 aliphatic carbocycles. The summed E-state index contributed by atoms with van der Waals surface area (Å²) in [5.74, 6) is 1.48. The van der Waals surface area contributed by atoms with Gasteiger partial charge in [0.1, 0.15) is 17.0 Å². The maximum absolute atomic E-state index is 6.86. The molecule has 3 nitrogen and oxygen atoms in total. The lowest BCUT2D eigenvalue weighted by atomic mass is 9.51. The van der Waals surface area contributed by atoms with Gasteiger partial charge in [0, 0.05) is 10.8 Å². The molecule has 0 saturated heterocycles. The molecule has 0 radical (unpaired) electrons. The molecular weight excluding hydrogens is 657 g/mol. The normalized spacial score (nSPS) is 19.5. The number of fused-ring (bicyclic) bond motifs is 6. The Hall–Kier alpha value is -5.41. The number of aromatic nitrogens is 2. The first kappa shape index (κ1) is 33.2. The van der Waals surface area contributed by atoms with Crippen molar-refractivity contribution in [2.75, 3.05) is 0 Å². The highest BCUT2D eigenvalue weighted by molar-refractivity contribution is 6.10. The van der Waals surface area contributed by atoms with E-state index in [0.29, 0.717) is 0 Å². The minimum Gasteiger partial charge on any atom is -0.455 e. The van der Waals surface area contributed by atoms with Crippen molar-refractivity contribution >= 4 is 33.0 Å². The second-order valence-electron chi connectivity index (χ2n) is 17.3. The molecule has 3 aliphatic rings. The van der Waals surface area contributed by atoms with Crippen LogP contribution in [0.25, 0.3) is 72.3 Å². The number of rotatable bonds is 6. The molecule has 54 heavy (non-hydrogen) atoms. The largest absolute Gasteiger partial charge is 0.455 e. The zero-order valence-electron chi connectivity index (χ0n) is 32.3. The van der Waals surface area contributed by atoms with E-state index in [1.807, 2.05) is 0 Å². The maximum Gasteiger partial charge on any atom is 0.149 e. The summed E-state index contributed by atoms with van der Waals surface area (Å²) in [5.41, 5.74) is 17.6. The van der Waals surface area contributed by atoms with Gasteiger partial charge in [-0.05, 0) is 135 Å². The third-order valence-corrected chi connectivity index (χ3v) is 13.1. The minimum atomic E-state index is 0.221. The van der Waals surface area contributed by atoms with E-state index in [1.165, 1.54) is 59.2 Å². The molecule has 2 heterocycles. The van der Waals surface area contributed by atoms with Crippen molar-refractivity contribution in [3.63, 3.8) is 0 Å². The van der Waals surface area contributed by atoms with Gasteiger partial charge in [-0.1, -0.05) is 120 Å². The van der Waals surface area contributed by atoms with Crippen LogP contribution in [0.15, 0.2) is 126 Å². The van der Waals surface area contributed by atoms with Crippen molar-refractivity contribution in [2.45, 2.75) is 89.9 Å². The molecule has 0 N–H and O–H groups in total. The Labute approximate surface area is 318 Å². The predicted octanol–water partition coefficient (Wildman–Crippen LogP) is 14.3. The van der Waals surface area contributed by atoms with Crippen molar-refractivity contribution in [3.05, 3.63) is 144 Å². The fourth-order valence-electron chi connectivity index (χ4n) is 10.0. The lowest BCUT2D eigenvalue weighted by Crippen LogP contribution is -2.44. The second kappa shape index (κ2) is 12.0. The molecule has 1 fully saturated rings. The summed E-state index contributed by atoms with van der Waals surface area (Å²) in [5, 5.41) is 2.22. The summed E-state index contributed by atoms with van der Waals surface area (Å²) in [6, 6.07) is 44.4. The van der Waals surface area contributed by atoms with Crippen molar-refractivity contribution in [3.8, 4) is 39.3 Å². The molecule has 0 spiro atoms. The van der Waals surface area contributed by atoms with Crippen LogP contribution in [-0.4, -0.2) is 9.55 Å². The highest BCUT2D eigenvalue weighted by atomic mass is 16.3. The monoisotopic (exact) mass is 704 g/mol. The third kappa shape index (κ3) is 4.90. The van der Waals surface area contributed by atoms with Crippen molar-refractivity contribution in [1.29, 1.82) is 0 Å². The van der Waals surface area contributed by atoms with E-state index in [4.69, 9.17) is 9.40 Å². The first-order chi connectivity index (χ1) is 26.1. The van der Waals surface area contributed by atoms with Crippen LogP contribution in [0.5, 0.6) is 0 Å². The van der Waals surface area contributed by atoms with Crippen molar-refractivity contribution in [1.82, 2.24) is 9.55 Å². The molecule has 6 aromatic carbocycles. The molecule has 0 amide bonds. The zero-order chi connectivity index (χ0) is 36.9. The van der Waals surface area contributed by atoms with Crippen molar-refractivity contribution < 1.29 is 4.42 Å². The molecule has 3 heteroatoms. The number of hydrogen-bond donors (Lipinski definition) is 0. The van der Waals surface area contributed by atoms with Gasteiger partial charge in [-0.25, -0.2) is 4.98 Å². The summed E-state index contributed by atoms with van der Waals surface area (Å²) in [4.78, 5) is 5.43. The fourth-order valence-corrected chi connectivity index (χ4v) is 10.0. The quantitative estimate of drug-likeness (QED) is 0.173. The van der Waals surface area contributed by atoms with E-state index in [2.05, 4.69) is 167 Å². The van der Waals surface area contributed by atoms with E-state index >= 15 is 0 Å². The maximum atomic E-state index is 6.86. The molecule has 8 aromatic rings. The molecule has 268 valence electrons. The van der Waals surface area contributed by atoms with Crippen LogP contribution in [0.3, 0.4) is 0 Å². The topological polar surface area (TPSA) is 31.0 Å². The van der Waals surface area contributed by atoms with Crippen LogP contribution >= 0.6 is 0 Å². The van der Waals surface area contributed by atoms with Gasteiger partial charge in [0.05, 0.1) is 22.3 Å². The number of hydrogen-bond acceptors (Lipinski definition) is 2. The van der Waals surface area contributed by atoms with Gasteiger partial charge in [-0.15, -0.1) is 0 Å². The van der Waals surface area contributed by atoms with Gasteiger partial charge < -0.3 is 4.42 Å². The smallest absolute Gasteiger partial charge is 0.149 e. The summed E-state index contributed by atoms with van der Waals surface area (Å²) in [7, 11) is 0. The Kier molecular flexibility index (Phi) is 7.40. The van der Waals surface area contributed by atoms with Gasteiger partial charge in [-0.2, -0.15) is 0 Å². The first-order valence-electron chi connectivity index (χ1n) is 19.9. The summed E-state index contributed by atoms with van der Waals surface area (Å²) in [6.45, 7) is 14.4. The molecule has 0 aliphatic heterocycles. The van der Waals surface area contributed by atoms with Gasteiger partial charge in [-0.3, -0.25) is 4.57 Å². The highest BCUT2D eigenvalue weighted by Crippen LogP contribution is 2.58. The Morgan fingerprint density at radius 1 is 0.593 bits per heavy atom. The average molecular weight is 705 g/mol. The number of nitrogens with zero attached hydrogens (tertiary/aromatic N) is 2. The van der Waals surface area contributed by atoms with Crippen LogP contribution in [-0.2, 0) is 10.8 Å². The third-order valence-electron chi connectivity index (χ3n) is 13.1. The lowest BCUT2D eigenvalue weighted by Gasteiger charge is -2.53. The molecule has 2 aromatic heterocycles. The summed E-state index contributed by atoms with van der Waals surface area (Å²) in [6.07, 6.45) is 5.11. The van der Waals surface area contributed by atoms with E-state index in [-0.39, 0.29) is 22.7 Å². The molecule has 0 unspecified atom stereocenters. The van der Waals surface area contributed by atoms with Crippen molar-refractivity contribution in [2.24, 2.45) is 0 Å². The molecular formula is C51H48N2O. The molecule has 2 bridgehead atoms. The Balaban J connectivity index is 1.22. The van der Waals surface area contributed by atoms with Crippen LogP contribution < -0.4 is 0 Å². The molecule has 0 atom stereocenters. The zero-order valence-corrected chi connectivity index (χ0v) is 32.3. The van der Waals surface area contributed by atoms with E-state index in [0.717, 1.165) is 49.9 Å². The van der Waals surface area contributed by atoms with E-state index < -0.39 is 0 Å². The SMILES string of the molecule is CC(C)c1cc(-c2cccc3c2C2(C)CCC3(C)CC2)cc(C(C)C)c1-n1c(-c2cccc3c2oc2cc(-c4ccccc4)ccc23)nc2ccccc21. The summed E-state index contributed by atoms with van der Waals surface area (Å²) >= 11 is 0. The van der Waals surface area contributed by atoms with E-state index in [1.54, 1.807) is 11.1 Å². The standard InChI is InChI=1S/C51H48N2O/c1-31(2)40-28-35(36-16-13-19-42-46(36)51(6)26-24-50(42,5)25-27-51)29-41(32(3)4)47(40)53-44-21-11-10-20-43(44)52-49(53)39-18-12-17-38-37-23-22-34(30-45(37)54-48(38)39)33-14-8-7-9-15-33/h7-23,28-32H,24-27H2,1-6H3. The van der Waals surface area contributed by atoms with Gasteiger partial charge >= 0.3 is 0 Å². The number of para-hydroxylation sites is 3. The Bertz CT molecular complexity index is 2720. The lowest BCUT2D eigenvalue weighted by molar-refractivity contribution is 0.188. The highest BCUT2D eigenvalue weighted by Gasteiger charge is 2.48. The number of furan rings is 1. The fraction of sp³-hybridized carbons (Fsp3) is 0.275.